The molecule has 0 saturated heterocycles. The number of carbonyl (C=O) groups excluding carboxylic acids is 1. The second-order valence-corrected chi connectivity index (χ2v) is 6.29. The quantitative estimate of drug-likeness (QED) is 0.644. The normalized spacial score (nSPS) is 12.6. The van der Waals surface area contributed by atoms with Gasteiger partial charge in [0.2, 0.25) is 0 Å². The Bertz CT molecular complexity index is 838. The number of nitrogens with one attached hydrogen (secondary N) is 2. The minimum atomic E-state index is -2.88. The van der Waals surface area contributed by atoms with E-state index in [4.69, 9.17) is 10.00 Å². The van der Waals surface area contributed by atoms with Crippen molar-refractivity contribution < 1.29 is 23.0 Å². The summed E-state index contributed by atoms with van der Waals surface area (Å²) in [5.41, 5.74) is 1.57. The number of ether oxygens (including phenoxy) is 2. The molecule has 2 N–H and O–H groups in total. The van der Waals surface area contributed by atoms with Gasteiger partial charge in [-0.15, -0.1) is 0 Å². The van der Waals surface area contributed by atoms with Crippen molar-refractivity contribution in [2.45, 2.75) is 45.6 Å². The number of benzene rings is 2. The Labute approximate surface area is 168 Å². The SMILES string of the molecule is CCC(C#N)Oc1cccc(CNC(=O)NC(C)c2ccc(OC(F)F)cc2)c1. The van der Waals surface area contributed by atoms with Crippen LogP contribution >= 0.6 is 0 Å². The lowest BCUT2D eigenvalue weighted by Gasteiger charge is -2.16. The van der Waals surface area contributed by atoms with Crippen molar-refractivity contribution >= 4 is 6.03 Å². The maximum absolute atomic E-state index is 12.2. The maximum atomic E-state index is 12.2. The molecule has 2 unspecified atom stereocenters. The van der Waals surface area contributed by atoms with E-state index in [1.807, 2.05) is 13.0 Å². The minimum absolute atomic E-state index is 0.0595. The van der Waals surface area contributed by atoms with E-state index in [1.54, 1.807) is 37.3 Å². The Kier molecular flexibility index (Phi) is 8.22. The highest BCUT2D eigenvalue weighted by molar-refractivity contribution is 5.74. The summed E-state index contributed by atoms with van der Waals surface area (Å²) in [5, 5.41) is 14.5. The number of amides is 2. The van der Waals surface area contributed by atoms with E-state index in [0.717, 1.165) is 11.1 Å². The summed E-state index contributed by atoms with van der Waals surface area (Å²) in [6.07, 6.45) is 0.0639. The molecule has 0 aliphatic heterocycles. The van der Waals surface area contributed by atoms with Crippen molar-refractivity contribution in [2.24, 2.45) is 0 Å². The van der Waals surface area contributed by atoms with Crippen LogP contribution in [0.3, 0.4) is 0 Å². The van der Waals surface area contributed by atoms with Crippen molar-refractivity contribution in [1.82, 2.24) is 10.6 Å². The number of alkyl halides is 2. The fourth-order valence-corrected chi connectivity index (χ4v) is 2.55. The summed E-state index contributed by atoms with van der Waals surface area (Å²) in [5.74, 6) is 0.627. The topological polar surface area (TPSA) is 83.4 Å². The van der Waals surface area contributed by atoms with Gasteiger partial charge < -0.3 is 20.1 Å². The molecule has 0 spiro atoms. The smallest absolute Gasteiger partial charge is 0.387 e. The summed E-state index contributed by atoms with van der Waals surface area (Å²) in [4.78, 5) is 12.1. The molecule has 0 radical (unpaired) electrons. The third-order valence-corrected chi connectivity index (χ3v) is 4.10. The molecule has 0 aliphatic carbocycles. The van der Waals surface area contributed by atoms with Crippen molar-refractivity contribution in [2.75, 3.05) is 0 Å². The van der Waals surface area contributed by atoms with E-state index in [1.165, 1.54) is 12.1 Å². The number of nitriles is 1. The van der Waals surface area contributed by atoms with Gasteiger partial charge in [0.15, 0.2) is 6.10 Å². The van der Waals surface area contributed by atoms with Crippen LogP contribution in [-0.4, -0.2) is 18.7 Å². The van der Waals surface area contributed by atoms with Crippen molar-refractivity contribution in [3.8, 4) is 17.6 Å². The van der Waals surface area contributed by atoms with Crippen LogP contribution in [0.5, 0.6) is 11.5 Å². The molecule has 154 valence electrons. The average molecular weight is 403 g/mol. The Morgan fingerprint density at radius 1 is 1.14 bits per heavy atom. The summed E-state index contributed by atoms with van der Waals surface area (Å²) in [6.45, 7) is 1.05. The molecule has 0 heterocycles. The molecule has 8 heteroatoms. The monoisotopic (exact) mass is 403 g/mol. The molecular weight excluding hydrogens is 380 g/mol. The van der Waals surface area contributed by atoms with E-state index in [9.17, 15) is 13.6 Å². The molecule has 29 heavy (non-hydrogen) atoms. The van der Waals surface area contributed by atoms with Gasteiger partial charge in [-0.2, -0.15) is 14.0 Å². The average Bonchev–Trinajstić information content (AvgIpc) is 2.71. The van der Waals surface area contributed by atoms with Gasteiger partial charge >= 0.3 is 12.6 Å². The molecule has 0 saturated carbocycles. The number of halogens is 2. The van der Waals surface area contributed by atoms with Gasteiger partial charge in [0.05, 0.1) is 6.04 Å². The Morgan fingerprint density at radius 2 is 1.86 bits per heavy atom. The van der Waals surface area contributed by atoms with Crippen LogP contribution < -0.4 is 20.1 Å². The lowest BCUT2D eigenvalue weighted by molar-refractivity contribution is -0.0498. The molecule has 2 rings (SSSR count). The lowest BCUT2D eigenvalue weighted by atomic mass is 10.1. The highest BCUT2D eigenvalue weighted by atomic mass is 19.3. The highest BCUT2D eigenvalue weighted by Crippen LogP contribution is 2.19. The minimum Gasteiger partial charge on any atom is -0.476 e. The van der Waals surface area contributed by atoms with E-state index in [2.05, 4.69) is 21.4 Å². The Balaban J connectivity index is 1.85. The largest absolute Gasteiger partial charge is 0.476 e. The molecule has 2 aromatic carbocycles. The fourth-order valence-electron chi connectivity index (χ4n) is 2.55. The van der Waals surface area contributed by atoms with Crippen molar-refractivity contribution in [1.29, 1.82) is 5.26 Å². The first-order valence-corrected chi connectivity index (χ1v) is 9.15. The molecule has 2 aromatic rings. The molecule has 2 amide bonds. The molecule has 2 atom stereocenters. The number of nitrogens with zero attached hydrogens (tertiary/aromatic N) is 1. The van der Waals surface area contributed by atoms with Crippen LogP contribution in [0, 0.1) is 11.3 Å². The molecule has 6 nitrogen and oxygen atoms in total. The number of urea groups is 1. The Morgan fingerprint density at radius 3 is 2.48 bits per heavy atom. The van der Waals surface area contributed by atoms with Crippen molar-refractivity contribution in [3.05, 3.63) is 59.7 Å². The lowest BCUT2D eigenvalue weighted by Crippen LogP contribution is -2.36. The summed E-state index contributed by atoms with van der Waals surface area (Å²) in [7, 11) is 0. The summed E-state index contributed by atoms with van der Waals surface area (Å²) >= 11 is 0. The van der Waals surface area contributed by atoms with Gasteiger partial charge in [0, 0.05) is 6.54 Å². The van der Waals surface area contributed by atoms with E-state index in [0.29, 0.717) is 12.2 Å². The number of rotatable bonds is 9. The summed E-state index contributed by atoms with van der Waals surface area (Å²) in [6, 6.07) is 14.6. The van der Waals surface area contributed by atoms with E-state index < -0.39 is 12.7 Å². The molecule has 0 aliphatic rings. The number of carbonyl (C=O) groups is 1. The van der Waals surface area contributed by atoms with Gasteiger partial charge in [-0.05, 0) is 48.7 Å². The van der Waals surface area contributed by atoms with Gasteiger partial charge in [-0.25, -0.2) is 4.79 Å². The zero-order chi connectivity index (χ0) is 21.2. The Hall–Kier alpha value is -3.34. The van der Waals surface area contributed by atoms with Crippen LogP contribution in [-0.2, 0) is 6.54 Å². The highest BCUT2D eigenvalue weighted by Gasteiger charge is 2.11. The number of hydrogen-bond acceptors (Lipinski definition) is 4. The first kappa shape index (κ1) is 22.0. The van der Waals surface area contributed by atoms with E-state index in [-0.39, 0.29) is 24.4 Å². The summed E-state index contributed by atoms with van der Waals surface area (Å²) < 4.78 is 34.3. The standard InChI is InChI=1S/C21H23F2N3O3/c1-3-17(12-24)28-19-6-4-5-15(11-19)13-25-21(27)26-14(2)16-7-9-18(10-8-16)29-20(22)23/h4-11,14,17,20H,3,13H2,1-2H3,(H2,25,26,27). The van der Waals surface area contributed by atoms with Crippen molar-refractivity contribution in [3.63, 3.8) is 0 Å². The first-order chi connectivity index (χ1) is 13.9. The first-order valence-electron chi connectivity index (χ1n) is 9.15. The van der Waals surface area contributed by atoms with Gasteiger partial charge in [0.25, 0.3) is 0 Å². The molecule has 0 bridgehead atoms. The fraction of sp³-hybridized carbons (Fsp3) is 0.333. The van der Waals surface area contributed by atoms with Crippen LogP contribution in [0.1, 0.15) is 37.4 Å². The third kappa shape index (κ3) is 7.30. The van der Waals surface area contributed by atoms with Gasteiger partial charge in [0.1, 0.15) is 17.6 Å². The molecule has 0 aromatic heterocycles. The second kappa shape index (κ2) is 10.9. The predicted octanol–water partition coefficient (Wildman–Crippen LogP) is 4.53. The van der Waals surface area contributed by atoms with Gasteiger partial charge in [-0.3, -0.25) is 0 Å². The van der Waals surface area contributed by atoms with Crippen LogP contribution in [0.4, 0.5) is 13.6 Å². The van der Waals surface area contributed by atoms with Crippen LogP contribution in [0.15, 0.2) is 48.5 Å². The second-order valence-electron chi connectivity index (χ2n) is 6.29. The maximum Gasteiger partial charge on any atom is 0.387 e. The van der Waals surface area contributed by atoms with Gasteiger partial charge in [-0.1, -0.05) is 31.2 Å². The third-order valence-electron chi connectivity index (χ3n) is 4.10. The number of hydrogen-bond donors (Lipinski definition) is 2. The predicted molar refractivity (Wildman–Crippen MR) is 104 cm³/mol. The molecule has 0 fully saturated rings. The van der Waals surface area contributed by atoms with Crippen LogP contribution in [0.2, 0.25) is 0 Å². The van der Waals surface area contributed by atoms with E-state index >= 15 is 0 Å². The van der Waals surface area contributed by atoms with Crippen LogP contribution in [0.25, 0.3) is 0 Å². The zero-order valence-electron chi connectivity index (χ0n) is 16.2. The zero-order valence-corrected chi connectivity index (χ0v) is 16.2. The molecular formula is C21H23F2N3O3.